The Labute approximate surface area is 156 Å². The number of Topliss-reactive ketones (excluding diaryl/α,β-unsaturated/α-hetero) is 1. The van der Waals surface area contributed by atoms with Crippen molar-refractivity contribution in [1.82, 2.24) is 4.98 Å². The Balaban J connectivity index is 1.81. The zero-order valence-electron chi connectivity index (χ0n) is 16.0. The molecule has 4 nitrogen and oxygen atoms in total. The van der Waals surface area contributed by atoms with E-state index in [-0.39, 0.29) is 12.8 Å². The molecule has 1 aromatic carbocycles. The Morgan fingerprint density at radius 3 is 2.73 bits per heavy atom. The summed E-state index contributed by atoms with van der Waals surface area (Å²) in [7, 11) is 0. The molecule has 2 atom stereocenters. The lowest BCUT2D eigenvalue weighted by Gasteiger charge is -2.29. The molecule has 0 saturated heterocycles. The maximum atomic E-state index is 11.9. The van der Waals surface area contributed by atoms with E-state index in [1.807, 2.05) is 24.3 Å². The average molecular weight is 349 g/mol. The largest absolute Gasteiger partial charge is 0.340 e. The maximum Gasteiger partial charge on any atom is 0.277 e. The Kier molecular flexibility index (Phi) is 5.77. The van der Waals surface area contributed by atoms with Crippen molar-refractivity contribution in [3.8, 4) is 0 Å². The third-order valence-electron chi connectivity index (χ3n) is 5.48. The number of aryl methyl sites for hydroxylation is 1. The molecule has 1 heterocycles. The molecule has 0 amide bonds. The molecular weight excluding hydrogens is 321 g/mol. The van der Waals surface area contributed by atoms with Crippen LogP contribution in [0, 0.1) is 12.8 Å². The van der Waals surface area contributed by atoms with Gasteiger partial charge >= 0.3 is 0 Å². The molecule has 0 spiro atoms. The second-order valence-electron chi connectivity index (χ2n) is 7.74. The number of hydrogen-bond acceptors (Lipinski definition) is 4. The van der Waals surface area contributed by atoms with Gasteiger partial charge in [0.05, 0.1) is 0 Å². The van der Waals surface area contributed by atoms with Crippen LogP contribution < -0.4 is 10.8 Å². The SMILES string of the molecule is CB(Cc1ccccc1)N(N)c1cc(C)cc(C2CC(=O)CCC2C)n1. The Hall–Kier alpha value is -2.14. The number of anilines is 1. The minimum atomic E-state index is 0.130. The number of pyridine rings is 1. The van der Waals surface area contributed by atoms with Gasteiger partial charge in [0, 0.05) is 24.5 Å². The zero-order chi connectivity index (χ0) is 18.7. The third-order valence-corrected chi connectivity index (χ3v) is 5.48. The van der Waals surface area contributed by atoms with Crippen LogP contribution in [0.5, 0.6) is 0 Å². The van der Waals surface area contributed by atoms with Gasteiger partial charge in [-0.3, -0.25) is 10.6 Å². The van der Waals surface area contributed by atoms with Crippen molar-refractivity contribution in [2.24, 2.45) is 11.8 Å². The molecule has 1 fully saturated rings. The monoisotopic (exact) mass is 349 g/mol. The smallest absolute Gasteiger partial charge is 0.277 e. The van der Waals surface area contributed by atoms with Crippen LogP contribution >= 0.6 is 0 Å². The molecule has 1 aliphatic carbocycles. The third kappa shape index (κ3) is 4.33. The van der Waals surface area contributed by atoms with E-state index in [1.54, 1.807) is 4.92 Å². The summed E-state index contributed by atoms with van der Waals surface area (Å²) in [6, 6.07) is 14.5. The summed E-state index contributed by atoms with van der Waals surface area (Å²) < 4.78 is 0. The first-order chi connectivity index (χ1) is 12.4. The number of nitrogens with zero attached hydrogens (tertiary/aromatic N) is 2. The first-order valence-corrected chi connectivity index (χ1v) is 9.52. The highest BCUT2D eigenvalue weighted by Crippen LogP contribution is 2.36. The first-order valence-electron chi connectivity index (χ1n) is 9.52. The van der Waals surface area contributed by atoms with E-state index in [2.05, 4.69) is 38.9 Å². The van der Waals surface area contributed by atoms with Crippen molar-refractivity contribution in [3.63, 3.8) is 0 Å². The van der Waals surface area contributed by atoms with Gasteiger partial charge in [-0.25, -0.2) is 4.98 Å². The predicted octanol–water partition coefficient (Wildman–Crippen LogP) is 3.95. The fraction of sp³-hybridized carbons (Fsp3) is 0.429. The number of nitrogens with two attached hydrogens (primary N) is 1. The fourth-order valence-electron chi connectivity index (χ4n) is 3.81. The molecule has 2 aromatic rings. The van der Waals surface area contributed by atoms with E-state index in [4.69, 9.17) is 10.8 Å². The summed E-state index contributed by atoms with van der Waals surface area (Å²) in [5.74, 6) is 8.23. The molecule has 2 unspecified atom stereocenters. The van der Waals surface area contributed by atoms with Crippen molar-refractivity contribution in [2.45, 2.75) is 52.2 Å². The van der Waals surface area contributed by atoms with Gasteiger partial charge in [-0.05, 0) is 43.3 Å². The standard InChI is InChI=1S/C21H28BN3O/c1-15-11-20(19-13-18(26)10-9-16(19)2)24-21(12-15)25(23)22(3)14-17-7-5-4-6-8-17/h4-8,11-12,16,19H,9-10,13-14,23H2,1-3H3. The normalized spacial score (nSPS) is 20.1. The van der Waals surface area contributed by atoms with Crippen LogP contribution in [0.3, 0.4) is 0 Å². The Morgan fingerprint density at radius 1 is 1.27 bits per heavy atom. The molecule has 26 heavy (non-hydrogen) atoms. The average Bonchev–Trinajstić information content (AvgIpc) is 2.63. The van der Waals surface area contributed by atoms with Crippen LogP contribution in [0.25, 0.3) is 0 Å². The van der Waals surface area contributed by atoms with Gasteiger partial charge < -0.3 is 4.92 Å². The van der Waals surface area contributed by atoms with Crippen LogP contribution in [0.1, 0.15) is 48.9 Å². The number of aromatic nitrogens is 1. The lowest BCUT2D eigenvalue weighted by atomic mass is 9.59. The van der Waals surface area contributed by atoms with Crippen molar-refractivity contribution in [1.29, 1.82) is 0 Å². The second kappa shape index (κ2) is 8.04. The van der Waals surface area contributed by atoms with Crippen molar-refractivity contribution < 1.29 is 4.79 Å². The highest BCUT2D eigenvalue weighted by molar-refractivity contribution is 6.60. The number of rotatable bonds is 5. The van der Waals surface area contributed by atoms with Gasteiger partial charge in [-0.1, -0.05) is 49.6 Å². The summed E-state index contributed by atoms with van der Waals surface area (Å²) >= 11 is 0. The molecule has 5 heteroatoms. The van der Waals surface area contributed by atoms with E-state index < -0.39 is 0 Å². The molecule has 0 radical (unpaired) electrons. The number of ketones is 1. The van der Waals surface area contributed by atoms with Crippen LogP contribution in [-0.4, -0.2) is 17.6 Å². The van der Waals surface area contributed by atoms with Gasteiger partial charge in [0.15, 0.2) is 0 Å². The number of carbonyl (C=O) groups is 1. The number of benzene rings is 1. The molecule has 0 aliphatic heterocycles. The van der Waals surface area contributed by atoms with E-state index in [9.17, 15) is 4.79 Å². The summed E-state index contributed by atoms with van der Waals surface area (Å²) in [6.45, 7) is 6.53. The predicted molar refractivity (Wildman–Crippen MR) is 108 cm³/mol. The summed E-state index contributed by atoms with van der Waals surface area (Å²) in [5, 5.41) is 0. The molecular formula is C21H28BN3O. The van der Waals surface area contributed by atoms with Gasteiger partial charge in [0.25, 0.3) is 6.85 Å². The van der Waals surface area contributed by atoms with Crippen LogP contribution in [-0.2, 0) is 11.1 Å². The van der Waals surface area contributed by atoms with Crippen molar-refractivity contribution in [2.75, 3.05) is 4.92 Å². The van der Waals surface area contributed by atoms with Gasteiger partial charge in [-0.15, -0.1) is 0 Å². The van der Waals surface area contributed by atoms with Crippen LogP contribution in [0.4, 0.5) is 5.82 Å². The topological polar surface area (TPSA) is 59.2 Å². The van der Waals surface area contributed by atoms with E-state index >= 15 is 0 Å². The van der Waals surface area contributed by atoms with E-state index in [0.717, 1.165) is 29.8 Å². The van der Waals surface area contributed by atoms with Gasteiger partial charge in [0.1, 0.15) is 11.6 Å². The highest BCUT2D eigenvalue weighted by Gasteiger charge is 2.29. The summed E-state index contributed by atoms with van der Waals surface area (Å²) in [5.41, 5.74) is 3.40. The molecule has 1 saturated carbocycles. The van der Waals surface area contributed by atoms with Gasteiger partial charge in [0.2, 0.25) is 0 Å². The molecule has 3 rings (SSSR count). The second-order valence-corrected chi connectivity index (χ2v) is 7.74. The minimum absolute atomic E-state index is 0.130. The number of carbonyl (C=O) groups excluding carboxylic acids is 1. The first kappa shape index (κ1) is 18.6. The molecule has 2 N–H and O–H groups in total. The highest BCUT2D eigenvalue weighted by atomic mass is 16.1. The van der Waals surface area contributed by atoms with Crippen LogP contribution in [0.15, 0.2) is 42.5 Å². The lowest BCUT2D eigenvalue weighted by Crippen LogP contribution is -2.45. The van der Waals surface area contributed by atoms with Crippen molar-refractivity contribution in [3.05, 3.63) is 59.3 Å². The molecule has 136 valence electrons. The van der Waals surface area contributed by atoms with E-state index in [0.29, 0.717) is 24.5 Å². The molecule has 1 aliphatic rings. The quantitative estimate of drug-likeness (QED) is 0.505. The summed E-state index contributed by atoms with van der Waals surface area (Å²) in [6.07, 6.45) is 3.11. The molecule has 1 aromatic heterocycles. The van der Waals surface area contributed by atoms with Gasteiger partial charge in [-0.2, -0.15) is 0 Å². The van der Waals surface area contributed by atoms with E-state index in [1.165, 1.54) is 5.56 Å². The summed E-state index contributed by atoms with van der Waals surface area (Å²) in [4.78, 5) is 18.6. The fourth-order valence-corrected chi connectivity index (χ4v) is 3.81. The zero-order valence-corrected chi connectivity index (χ0v) is 16.0. The maximum absolute atomic E-state index is 11.9. The Bertz CT molecular complexity index is 765. The minimum Gasteiger partial charge on any atom is -0.340 e. The Morgan fingerprint density at radius 2 is 2.00 bits per heavy atom. The number of hydrazine groups is 1. The van der Waals surface area contributed by atoms with Crippen LogP contribution in [0.2, 0.25) is 6.82 Å². The van der Waals surface area contributed by atoms with Crippen molar-refractivity contribution >= 4 is 18.4 Å². The molecule has 0 bridgehead atoms. The number of hydrogen-bond donors (Lipinski definition) is 1. The lowest BCUT2D eigenvalue weighted by molar-refractivity contribution is -0.121.